The van der Waals surface area contributed by atoms with E-state index in [2.05, 4.69) is 19.2 Å². The molecule has 0 aromatic carbocycles. The zero-order chi connectivity index (χ0) is 12.4. The third-order valence-electron chi connectivity index (χ3n) is 2.34. The lowest BCUT2D eigenvalue weighted by Crippen LogP contribution is -2.34. The molecule has 0 aliphatic heterocycles. The Morgan fingerprint density at radius 1 is 1.38 bits per heavy atom. The van der Waals surface area contributed by atoms with Gasteiger partial charge in [0.15, 0.2) is 0 Å². The maximum atomic E-state index is 11.8. The molecule has 0 radical (unpaired) electrons. The fraction of sp³-hybridized carbons (Fsp3) is 0.917. The Hall–Kier alpha value is -0.610. The monoisotopic (exact) mass is 230 g/mol. The third-order valence-corrected chi connectivity index (χ3v) is 2.34. The summed E-state index contributed by atoms with van der Waals surface area (Å²) in [4.78, 5) is 13.5. The molecule has 0 bridgehead atoms. The SMILES string of the molecule is CCCN(CCO)C(=O)CCCNC(C)C. The highest BCUT2D eigenvalue weighted by atomic mass is 16.3. The van der Waals surface area contributed by atoms with Crippen LogP contribution in [0.15, 0.2) is 0 Å². The Kier molecular flexibility index (Phi) is 9.24. The molecule has 2 N–H and O–H groups in total. The van der Waals surface area contributed by atoms with Gasteiger partial charge in [0.2, 0.25) is 5.91 Å². The summed E-state index contributed by atoms with van der Waals surface area (Å²) >= 11 is 0. The first-order chi connectivity index (χ1) is 7.61. The quantitative estimate of drug-likeness (QED) is 0.581. The summed E-state index contributed by atoms with van der Waals surface area (Å²) in [5, 5.41) is 12.1. The Morgan fingerprint density at radius 2 is 2.06 bits per heavy atom. The van der Waals surface area contributed by atoms with Gasteiger partial charge in [-0.1, -0.05) is 20.8 Å². The summed E-state index contributed by atoms with van der Waals surface area (Å²) in [5.74, 6) is 0.154. The molecule has 16 heavy (non-hydrogen) atoms. The van der Waals surface area contributed by atoms with Gasteiger partial charge >= 0.3 is 0 Å². The van der Waals surface area contributed by atoms with Crippen LogP contribution in [0, 0.1) is 0 Å². The minimum Gasteiger partial charge on any atom is -0.395 e. The molecule has 0 spiro atoms. The molecule has 4 nitrogen and oxygen atoms in total. The van der Waals surface area contributed by atoms with Crippen LogP contribution >= 0.6 is 0 Å². The van der Waals surface area contributed by atoms with E-state index in [1.54, 1.807) is 4.90 Å². The van der Waals surface area contributed by atoms with Crippen LogP contribution in [-0.2, 0) is 4.79 Å². The van der Waals surface area contributed by atoms with E-state index in [9.17, 15) is 4.79 Å². The molecule has 0 atom stereocenters. The van der Waals surface area contributed by atoms with Crippen LogP contribution in [0.5, 0.6) is 0 Å². The molecule has 1 amide bonds. The van der Waals surface area contributed by atoms with Gasteiger partial charge in [-0.25, -0.2) is 0 Å². The highest BCUT2D eigenvalue weighted by molar-refractivity contribution is 5.76. The molecule has 0 saturated carbocycles. The zero-order valence-electron chi connectivity index (χ0n) is 10.8. The van der Waals surface area contributed by atoms with E-state index in [0.29, 0.717) is 19.0 Å². The van der Waals surface area contributed by atoms with Crippen molar-refractivity contribution in [3.05, 3.63) is 0 Å². The number of aliphatic hydroxyl groups is 1. The highest BCUT2D eigenvalue weighted by Crippen LogP contribution is 1.99. The second kappa shape index (κ2) is 9.60. The summed E-state index contributed by atoms with van der Waals surface area (Å²) in [6, 6.07) is 0.472. The van der Waals surface area contributed by atoms with E-state index in [-0.39, 0.29) is 12.5 Å². The van der Waals surface area contributed by atoms with Gasteiger partial charge in [0.1, 0.15) is 0 Å². The largest absolute Gasteiger partial charge is 0.395 e. The van der Waals surface area contributed by atoms with Crippen LogP contribution in [0.3, 0.4) is 0 Å². The van der Waals surface area contributed by atoms with Crippen molar-refractivity contribution in [1.29, 1.82) is 0 Å². The average molecular weight is 230 g/mol. The third kappa shape index (κ3) is 7.65. The fourth-order valence-corrected chi connectivity index (χ4v) is 1.54. The second-order valence-corrected chi connectivity index (χ2v) is 4.32. The molecule has 0 rings (SSSR count). The van der Waals surface area contributed by atoms with Crippen LogP contribution < -0.4 is 5.32 Å². The fourth-order valence-electron chi connectivity index (χ4n) is 1.54. The number of nitrogens with one attached hydrogen (secondary N) is 1. The van der Waals surface area contributed by atoms with Crippen molar-refractivity contribution in [3.63, 3.8) is 0 Å². The highest BCUT2D eigenvalue weighted by Gasteiger charge is 2.10. The van der Waals surface area contributed by atoms with Crippen LogP contribution in [-0.4, -0.2) is 48.2 Å². The average Bonchev–Trinajstić information content (AvgIpc) is 2.23. The Labute approximate surface area is 99.0 Å². The minimum atomic E-state index is 0.0516. The zero-order valence-corrected chi connectivity index (χ0v) is 10.8. The molecule has 4 heteroatoms. The molecular weight excluding hydrogens is 204 g/mol. The van der Waals surface area contributed by atoms with Gasteiger partial charge in [-0.15, -0.1) is 0 Å². The first kappa shape index (κ1) is 15.4. The van der Waals surface area contributed by atoms with Crippen molar-refractivity contribution < 1.29 is 9.90 Å². The molecule has 0 heterocycles. The van der Waals surface area contributed by atoms with Crippen molar-refractivity contribution in [1.82, 2.24) is 10.2 Å². The van der Waals surface area contributed by atoms with Gasteiger partial charge in [-0.3, -0.25) is 4.79 Å². The van der Waals surface area contributed by atoms with Crippen LogP contribution in [0.25, 0.3) is 0 Å². The Bertz CT molecular complexity index is 178. The molecule has 96 valence electrons. The van der Waals surface area contributed by atoms with E-state index >= 15 is 0 Å². The molecular formula is C12H26N2O2. The van der Waals surface area contributed by atoms with E-state index in [4.69, 9.17) is 5.11 Å². The molecule has 0 aliphatic carbocycles. The molecule has 0 saturated heterocycles. The van der Waals surface area contributed by atoms with Crippen LogP contribution in [0.2, 0.25) is 0 Å². The van der Waals surface area contributed by atoms with Crippen LogP contribution in [0.1, 0.15) is 40.0 Å². The van der Waals surface area contributed by atoms with Crippen LogP contribution in [0.4, 0.5) is 0 Å². The van der Waals surface area contributed by atoms with Gasteiger partial charge < -0.3 is 15.3 Å². The summed E-state index contributed by atoms with van der Waals surface area (Å²) in [6.45, 7) is 8.37. The lowest BCUT2D eigenvalue weighted by molar-refractivity contribution is -0.131. The molecule has 0 unspecified atom stereocenters. The van der Waals surface area contributed by atoms with Crippen molar-refractivity contribution in [2.75, 3.05) is 26.2 Å². The number of aliphatic hydroxyl groups excluding tert-OH is 1. The lowest BCUT2D eigenvalue weighted by Gasteiger charge is -2.21. The van der Waals surface area contributed by atoms with E-state index in [1.807, 2.05) is 6.92 Å². The molecule has 0 aromatic heterocycles. The maximum Gasteiger partial charge on any atom is 0.222 e. The first-order valence-corrected chi connectivity index (χ1v) is 6.23. The normalized spacial score (nSPS) is 10.8. The first-order valence-electron chi connectivity index (χ1n) is 6.23. The number of amides is 1. The maximum absolute atomic E-state index is 11.8. The number of carbonyl (C=O) groups excluding carboxylic acids is 1. The van der Waals surface area contributed by atoms with Gasteiger partial charge in [0, 0.05) is 25.6 Å². The second-order valence-electron chi connectivity index (χ2n) is 4.32. The standard InChI is InChI=1S/C12H26N2O2/c1-4-8-14(9-10-15)12(16)6-5-7-13-11(2)3/h11,13,15H,4-10H2,1-3H3. The summed E-state index contributed by atoms with van der Waals surface area (Å²) in [5.41, 5.74) is 0. The topological polar surface area (TPSA) is 52.6 Å². The van der Waals surface area contributed by atoms with E-state index < -0.39 is 0 Å². The summed E-state index contributed by atoms with van der Waals surface area (Å²) in [7, 11) is 0. The Morgan fingerprint density at radius 3 is 2.56 bits per heavy atom. The number of rotatable bonds is 9. The number of carbonyl (C=O) groups is 1. The Balaban J connectivity index is 3.73. The van der Waals surface area contributed by atoms with Gasteiger partial charge in [0.05, 0.1) is 6.61 Å². The van der Waals surface area contributed by atoms with Crippen molar-refractivity contribution in [2.45, 2.75) is 46.1 Å². The summed E-state index contributed by atoms with van der Waals surface area (Å²) < 4.78 is 0. The number of nitrogens with zero attached hydrogens (tertiary/aromatic N) is 1. The van der Waals surface area contributed by atoms with Crippen molar-refractivity contribution >= 4 is 5.91 Å². The molecule has 0 aromatic rings. The molecule has 0 aliphatic rings. The van der Waals surface area contributed by atoms with E-state index in [0.717, 1.165) is 25.9 Å². The van der Waals surface area contributed by atoms with Gasteiger partial charge in [-0.2, -0.15) is 0 Å². The van der Waals surface area contributed by atoms with E-state index in [1.165, 1.54) is 0 Å². The van der Waals surface area contributed by atoms with Crippen molar-refractivity contribution in [3.8, 4) is 0 Å². The number of hydrogen-bond donors (Lipinski definition) is 2. The lowest BCUT2D eigenvalue weighted by atomic mass is 10.2. The predicted octanol–water partition coefficient (Wildman–Crippen LogP) is 0.995. The van der Waals surface area contributed by atoms with Crippen molar-refractivity contribution in [2.24, 2.45) is 0 Å². The predicted molar refractivity (Wildman–Crippen MR) is 66.3 cm³/mol. The van der Waals surface area contributed by atoms with Gasteiger partial charge in [0.25, 0.3) is 0 Å². The smallest absolute Gasteiger partial charge is 0.222 e. The minimum absolute atomic E-state index is 0.0516. The molecule has 0 fully saturated rings. The summed E-state index contributed by atoms with van der Waals surface area (Å²) in [6.07, 6.45) is 2.37. The van der Waals surface area contributed by atoms with Gasteiger partial charge in [-0.05, 0) is 19.4 Å². The number of hydrogen-bond acceptors (Lipinski definition) is 3.